The van der Waals surface area contributed by atoms with Gasteiger partial charge in [0.05, 0.1) is 6.04 Å². The van der Waals surface area contributed by atoms with Gasteiger partial charge in [0.25, 0.3) is 0 Å². The molecule has 0 aliphatic carbocycles. The normalized spacial score (nSPS) is 12.1. The van der Waals surface area contributed by atoms with E-state index in [1.54, 1.807) is 0 Å². The van der Waals surface area contributed by atoms with Gasteiger partial charge >= 0.3 is 0 Å². The summed E-state index contributed by atoms with van der Waals surface area (Å²) in [6.45, 7) is 10.8. The predicted molar refractivity (Wildman–Crippen MR) is 109 cm³/mol. The summed E-state index contributed by atoms with van der Waals surface area (Å²) < 4.78 is 0. The zero-order valence-electron chi connectivity index (χ0n) is 15.3. The first kappa shape index (κ1) is 18.5. The average molecular weight is 341 g/mol. The first-order chi connectivity index (χ1) is 11.4. The third-order valence-corrected chi connectivity index (χ3v) is 4.57. The quantitative estimate of drug-likeness (QED) is 0.666. The van der Waals surface area contributed by atoms with Crippen molar-refractivity contribution in [3.05, 3.63) is 64.7 Å². The van der Waals surface area contributed by atoms with E-state index < -0.39 is 0 Å². The smallest absolute Gasteiger partial charge is 0.171 e. The molecule has 2 aromatic rings. The SMILES string of the molecule is CCC(NC(=S)Nc1ccc(C)cc1C)c1ccc(C(C)C)cc1. The van der Waals surface area contributed by atoms with E-state index in [9.17, 15) is 0 Å². The molecule has 2 aromatic carbocycles. The second-order valence-electron chi connectivity index (χ2n) is 6.70. The number of aryl methyl sites for hydroxylation is 2. The van der Waals surface area contributed by atoms with Crippen LogP contribution < -0.4 is 10.6 Å². The van der Waals surface area contributed by atoms with Crippen LogP contribution in [0.1, 0.15) is 61.4 Å². The van der Waals surface area contributed by atoms with Crippen molar-refractivity contribution < 1.29 is 0 Å². The van der Waals surface area contributed by atoms with Gasteiger partial charge in [-0.1, -0.05) is 62.7 Å². The van der Waals surface area contributed by atoms with Gasteiger partial charge in [-0.25, -0.2) is 0 Å². The van der Waals surface area contributed by atoms with E-state index in [2.05, 4.69) is 87.7 Å². The zero-order chi connectivity index (χ0) is 17.7. The molecule has 2 nitrogen and oxygen atoms in total. The van der Waals surface area contributed by atoms with Crippen LogP contribution in [0.2, 0.25) is 0 Å². The highest BCUT2D eigenvalue weighted by atomic mass is 32.1. The molecule has 0 bridgehead atoms. The highest BCUT2D eigenvalue weighted by Crippen LogP contribution is 2.21. The van der Waals surface area contributed by atoms with Crippen LogP contribution >= 0.6 is 12.2 Å². The molecule has 0 spiro atoms. The largest absolute Gasteiger partial charge is 0.356 e. The Morgan fingerprint density at radius 3 is 2.17 bits per heavy atom. The topological polar surface area (TPSA) is 24.1 Å². The molecule has 0 saturated carbocycles. The van der Waals surface area contributed by atoms with E-state index in [-0.39, 0.29) is 6.04 Å². The van der Waals surface area contributed by atoms with Crippen molar-refractivity contribution in [3.63, 3.8) is 0 Å². The van der Waals surface area contributed by atoms with Crippen LogP contribution in [0.15, 0.2) is 42.5 Å². The lowest BCUT2D eigenvalue weighted by atomic mass is 9.98. The minimum atomic E-state index is 0.219. The van der Waals surface area contributed by atoms with Gasteiger partial charge < -0.3 is 10.6 Å². The fraction of sp³-hybridized carbons (Fsp3) is 0.381. The molecular weight excluding hydrogens is 312 g/mol. The highest BCUT2D eigenvalue weighted by Gasteiger charge is 2.12. The molecule has 1 unspecified atom stereocenters. The van der Waals surface area contributed by atoms with E-state index >= 15 is 0 Å². The zero-order valence-corrected chi connectivity index (χ0v) is 16.1. The van der Waals surface area contributed by atoms with E-state index in [0.717, 1.165) is 12.1 Å². The van der Waals surface area contributed by atoms with Crippen LogP contribution in [0.25, 0.3) is 0 Å². The van der Waals surface area contributed by atoms with Crippen molar-refractivity contribution in [2.75, 3.05) is 5.32 Å². The number of anilines is 1. The molecule has 128 valence electrons. The Morgan fingerprint density at radius 2 is 1.62 bits per heavy atom. The molecular formula is C21H28N2S. The molecule has 0 saturated heterocycles. The fourth-order valence-corrected chi connectivity index (χ4v) is 3.06. The van der Waals surface area contributed by atoms with E-state index in [4.69, 9.17) is 12.2 Å². The Labute approximate surface area is 151 Å². The van der Waals surface area contributed by atoms with Gasteiger partial charge in [0.1, 0.15) is 0 Å². The first-order valence-corrected chi connectivity index (χ1v) is 9.06. The lowest BCUT2D eigenvalue weighted by Crippen LogP contribution is -2.32. The highest BCUT2D eigenvalue weighted by molar-refractivity contribution is 7.80. The Morgan fingerprint density at radius 1 is 1.00 bits per heavy atom. The summed E-state index contributed by atoms with van der Waals surface area (Å²) >= 11 is 5.52. The van der Waals surface area contributed by atoms with Gasteiger partial charge in [0.15, 0.2) is 5.11 Å². The Kier molecular flexibility index (Phi) is 6.38. The molecule has 0 aromatic heterocycles. The summed E-state index contributed by atoms with van der Waals surface area (Å²) in [5, 5.41) is 7.43. The molecule has 0 fully saturated rings. The van der Waals surface area contributed by atoms with Crippen molar-refractivity contribution in [2.45, 2.75) is 53.0 Å². The summed E-state index contributed by atoms with van der Waals surface area (Å²) in [5.74, 6) is 0.555. The summed E-state index contributed by atoms with van der Waals surface area (Å²) in [5.41, 5.74) is 6.15. The second-order valence-corrected chi connectivity index (χ2v) is 7.11. The summed E-state index contributed by atoms with van der Waals surface area (Å²) in [6, 6.07) is 15.4. The number of thiocarbonyl (C=S) groups is 1. The number of benzene rings is 2. The van der Waals surface area contributed by atoms with Gasteiger partial charge in [0.2, 0.25) is 0 Å². The molecule has 0 radical (unpaired) electrons. The van der Waals surface area contributed by atoms with Gasteiger partial charge in [0, 0.05) is 5.69 Å². The molecule has 2 N–H and O–H groups in total. The van der Waals surface area contributed by atoms with Crippen LogP contribution in [0.5, 0.6) is 0 Å². The average Bonchev–Trinajstić information content (AvgIpc) is 2.55. The van der Waals surface area contributed by atoms with Crippen LogP contribution in [0.3, 0.4) is 0 Å². The van der Waals surface area contributed by atoms with Crippen molar-refractivity contribution in [3.8, 4) is 0 Å². The maximum absolute atomic E-state index is 5.52. The lowest BCUT2D eigenvalue weighted by molar-refractivity contribution is 0.628. The lowest BCUT2D eigenvalue weighted by Gasteiger charge is -2.21. The summed E-state index contributed by atoms with van der Waals surface area (Å²) in [7, 11) is 0. The van der Waals surface area contributed by atoms with Crippen LogP contribution in [0.4, 0.5) is 5.69 Å². The number of hydrogen-bond donors (Lipinski definition) is 2. The summed E-state index contributed by atoms with van der Waals surface area (Å²) in [6.07, 6.45) is 0.982. The molecule has 0 heterocycles. The molecule has 2 rings (SSSR count). The second kappa shape index (κ2) is 8.29. The minimum Gasteiger partial charge on any atom is -0.356 e. The van der Waals surface area contributed by atoms with Crippen LogP contribution in [0, 0.1) is 13.8 Å². The number of nitrogens with one attached hydrogen (secondary N) is 2. The van der Waals surface area contributed by atoms with Crippen molar-refractivity contribution in [1.82, 2.24) is 5.32 Å². The monoisotopic (exact) mass is 340 g/mol. The third kappa shape index (κ3) is 4.81. The molecule has 0 aliphatic rings. The molecule has 0 aliphatic heterocycles. The standard InChI is InChI=1S/C21H28N2S/c1-6-19(18-10-8-17(9-11-18)14(2)3)22-21(24)23-20-12-7-15(4)13-16(20)5/h7-14,19H,6H2,1-5H3,(H2,22,23,24). The maximum Gasteiger partial charge on any atom is 0.171 e. The molecule has 3 heteroatoms. The summed E-state index contributed by atoms with van der Waals surface area (Å²) in [4.78, 5) is 0. The Bertz CT molecular complexity index is 689. The van der Waals surface area contributed by atoms with Gasteiger partial charge in [-0.3, -0.25) is 0 Å². The van der Waals surface area contributed by atoms with Crippen LogP contribution in [-0.4, -0.2) is 5.11 Å². The number of hydrogen-bond acceptors (Lipinski definition) is 1. The van der Waals surface area contributed by atoms with Crippen LogP contribution in [-0.2, 0) is 0 Å². The van der Waals surface area contributed by atoms with Gasteiger partial charge in [-0.2, -0.15) is 0 Å². The van der Waals surface area contributed by atoms with Crippen molar-refractivity contribution in [1.29, 1.82) is 0 Å². The van der Waals surface area contributed by atoms with Crippen molar-refractivity contribution in [2.24, 2.45) is 0 Å². The minimum absolute atomic E-state index is 0.219. The third-order valence-electron chi connectivity index (χ3n) is 4.35. The van der Waals surface area contributed by atoms with Gasteiger partial charge in [-0.05, 0) is 61.2 Å². The van der Waals surface area contributed by atoms with E-state index in [1.807, 2.05) is 0 Å². The molecule has 1 atom stereocenters. The fourth-order valence-electron chi connectivity index (χ4n) is 2.80. The molecule has 0 amide bonds. The van der Waals surface area contributed by atoms with E-state index in [0.29, 0.717) is 11.0 Å². The van der Waals surface area contributed by atoms with E-state index in [1.165, 1.54) is 22.3 Å². The Hall–Kier alpha value is -1.87. The molecule has 24 heavy (non-hydrogen) atoms. The predicted octanol–water partition coefficient (Wildman–Crippen LogP) is 5.86. The first-order valence-electron chi connectivity index (χ1n) is 8.65. The Balaban J connectivity index is 2.05. The number of rotatable bonds is 5. The maximum atomic E-state index is 5.52. The van der Waals surface area contributed by atoms with Crippen molar-refractivity contribution >= 4 is 23.0 Å². The van der Waals surface area contributed by atoms with Gasteiger partial charge in [-0.15, -0.1) is 0 Å².